The van der Waals surface area contributed by atoms with Gasteiger partial charge in [-0.25, -0.2) is 14.4 Å². The normalized spacial score (nSPS) is 26.5. The standard InChI is InChI=1S/C55H52O14/c1-59-54-49(68-52(58)40-28-16-6-17-29-40)47(67-51(57)39-26-14-5-15-27-39)45(66-50(56)38-24-12-4-13-25-38)43(64-54)35-63-55-48(61-33-37-22-10-3-11-23-37)46(60-32-36-20-8-2-9-21-36)44-42(65-55)34-62-53(69-44)41-30-18-7-19-31-41/h2-31,42-49,53-55H,32-35H2,1H3/t42-,43-,44-,45-,46+,47+,48+,49+,53?,54+,55-/m1/s1. The topological polar surface area (TPSA) is 153 Å². The van der Waals surface area contributed by atoms with Crippen molar-refractivity contribution in [2.75, 3.05) is 20.3 Å². The van der Waals surface area contributed by atoms with E-state index < -0.39 is 85.6 Å². The number of carbonyl (C=O) groups is 3. The van der Waals surface area contributed by atoms with E-state index in [9.17, 15) is 14.4 Å². The molecule has 0 aromatic heterocycles. The van der Waals surface area contributed by atoms with E-state index in [0.29, 0.717) is 0 Å². The van der Waals surface area contributed by atoms with Gasteiger partial charge in [-0.1, -0.05) is 146 Å². The molecule has 11 atom stereocenters. The minimum atomic E-state index is -1.50. The molecular formula is C55H52O14. The van der Waals surface area contributed by atoms with Crippen LogP contribution >= 0.6 is 0 Å². The predicted molar refractivity (Wildman–Crippen MR) is 247 cm³/mol. The monoisotopic (exact) mass is 936 g/mol. The second-order valence-electron chi connectivity index (χ2n) is 16.6. The van der Waals surface area contributed by atoms with Gasteiger partial charge in [-0.15, -0.1) is 0 Å². The van der Waals surface area contributed by atoms with Gasteiger partial charge in [0, 0.05) is 12.7 Å². The van der Waals surface area contributed by atoms with E-state index in [1.807, 2.05) is 91.0 Å². The predicted octanol–water partition coefficient (Wildman–Crippen LogP) is 8.06. The van der Waals surface area contributed by atoms with Gasteiger partial charge in [-0.2, -0.15) is 0 Å². The zero-order chi connectivity index (χ0) is 47.4. The van der Waals surface area contributed by atoms with Gasteiger partial charge in [0.2, 0.25) is 0 Å². The van der Waals surface area contributed by atoms with E-state index in [4.69, 9.17) is 52.1 Å². The molecule has 3 fully saturated rings. The first-order valence-corrected chi connectivity index (χ1v) is 22.8. The fourth-order valence-corrected chi connectivity index (χ4v) is 8.45. The molecule has 9 rings (SSSR count). The molecule has 3 aliphatic rings. The van der Waals surface area contributed by atoms with Crippen LogP contribution in [0.4, 0.5) is 0 Å². The molecule has 0 spiro atoms. The summed E-state index contributed by atoms with van der Waals surface area (Å²) in [5, 5.41) is 0. The van der Waals surface area contributed by atoms with Crippen LogP contribution < -0.4 is 0 Å². The van der Waals surface area contributed by atoms with Crippen molar-refractivity contribution in [1.29, 1.82) is 0 Å². The highest BCUT2D eigenvalue weighted by atomic mass is 16.8. The highest BCUT2D eigenvalue weighted by Crippen LogP contribution is 2.38. The average Bonchev–Trinajstić information content (AvgIpc) is 3.41. The largest absolute Gasteiger partial charge is 0.452 e. The van der Waals surface area contributed by atoms with Gasteiger partial charge in [-0.05, 0) is 47.5 Å². The average molecular weight is 937 g/mol. The molecule has 0 bridgehead atoms. The molecule has 0 saturated carbocycles. The Morgan fingerprint density at radius 2 is 0.913 bits per heavy atom. The maximum atomic E-state index is 14.1. The molecule has 3 heterocycles. The maximum Gasteiger partial charge on any atom is 0.338 e. The number of methoxy groups -OCH3 is 1. The van der Waals surface area contributed by atoms with Crippen molar-refractivity contribution in [2.45, 2.75) is 80.9 Å². The summed E-state index contributed by atoms with van der Waals surface area (Å²) in [4.78, 5) is 41.8. The lowest BCUT2D eigenvalue weighted by atomic mass is 9.96. The van der Waals surface area contributed by atoms with Crippen LogP contribution in [0.1, 0.15) is 54.1 Å². The number of benzene rings is 6. The van der Waals surface area contributed by atoms with Gasteiger partial charge in [0.05, 0.1) is 43.1 Å². The second kappa shape index (κ2) is 23.1. The van der Waals surface area contributed by atoms with Gasteiger partial charge in [-0.3, -0.25) is 0 Å². The lowest BCUT2D eigenvalue weighted by Crippen LogP contribution is -2.65. The first-order chi connectivity index (χ1) is 33.9. The van der Waals surface area contributed by atoms with Crippen LogP contribution in [0.5, 0.6) is 0 Å². The lowest BCUT2D eigenvalue weighted by Gasteiger charge is -2.49. The molecule has 69 heavy (non-hydrogen) atoms. The van der Waals surface area contributed by atoms with Crippen LogP contribution in [0.15, 0.2) is 182 Å². The molecule has 14 nitrogen and oxygen atoms in total. The van der Waals surface area contributed by atoms with Crippen LogP contribution in [-0.2, 0) is 65.3 Å². The number of hydrogen-bond acceptors (Lipinski definition) is 14. The quantitative estimate of drug-likeness (QED) is 0.0640. The zero-order valence-corrected chi connectivity index (χ0v) is 37.7. The van der Waals surface area contributed by atoms with Gasteiger partial charge >= 0.3 is 17.9 Å². The molecule has 0 amide bonds. The molecule has 3 saturated heterocycles. The molecule has 356 valence electrons. The van der Waals surface area contributed by atoms with E-state index in [2.05, 4.69) is 0 Å². The van der Waals surface area contributed by atoms with E-state index in [-0.39, 0.29) is 43.1 Å². The van der Waals surface area contributed by atoms with E-state index in [0.717, 1.165) is 16.7 Å². The van der Waals surface area contributed by atoms with Crippen LogP contribution in [0.3, 0.4) is 0 Å². The molecule has 1 unspecified atom stereocenters. The molecule has 0 radical (unpaired) electrons. The Balaban J connectivity index is 1.05. The fourth-order valence-electron chi connectivity index (χ4n) is 8.45. The molecule has 0 aliphatic carbocycles. The van der Waals surface area contributed by atoms with Crippen molar-refractivity contribution < 1.29 is 66.5 Å². The summed E-state index contributed by atoms with van der Waals surface area (Å²) in [7, 11) is 1.36. The molecule has 14 heteroatoms. The van der Waals surface area contributed by atoms with Crippen LogP contribution in [-0.4, -0.2) is 99.6 Å². The summed E-state index contributed by atoms with van der Waals surface area (Å²) in [6.07, 6.45) is -11.9. The molecule has 6 aromatic rings. The van der Waals surface area contributed by atoms with Gasteiger partial charge in [0.25, 0.3) is 0 Å². The van der Waals surface area contributed by atoms with Crippen molar-refractivity contribution >= 4 is 17.9 Å². The Morgan fingerprint density at radius 3 is 1.42 bits per heavy atom. The summed E-state index contributed by atoms with van der Waals surface area (Å²) in [5.74, 6) is -2.30. The fraction of sp³-hybridized carbons (Fsp3) is 0.291. The van der Waals surface area contributed by atoms with Gasteiger partial charge < -0.3 is 52.1 Å². The second-order valence-corrected chi connectivity index (χ2v) is 16.6. The smallest absolute Gasteiger partial charge is 0.338 e. The van der Waals surface area contributed by atoms with Crippen LogP contribution in [0.25, 0.3) is 0 Å². The van der Waals surface area contributed by atoms with Crippen LogP contribution in [0, 0.1) is 0 Å². The van der Waals surface area contributed by atoms with Crippen molar-refractivity contribution in [3.05, 3.63) is 215 Å². The molecule has 0 N–H and O–H groups in total. The number of hydrogen-bond donors (Lipinski definition) is 0. The number of rotatable bonds is 17. The van der Waals surface area contributed by atoms with Crippen molar-refractivity contribution in [2.24, 2.45) is 0 Å². The van der Waals surface area contributed by atoms with Crippen molar-refractivity contribution in [3.8, 4) is 0 Å². The summed E-state index contributed by atoms with van der Waals surface area (Å²) < 4.78 is 70.9. The molecule has 6 aromatic carbocycles. The first-order valence-electron chi connectivity index (χ1n) is 22.8. The lowest BCUT2D eigenvalue weighted by molar-refractivity contribution is -0.377. The highest BCUT2D eigenvalue weighted by Gasteiger charge is 2.55. The van der Waals surface area contributed by atoms with E-state index in [1.54, 1.807) is 91.0 Å². The maximum absolute atomic E-state index is 14.1. The van der Waals surface area contributed by atoms with Gasteiger partial charge in [0.1, 0.15) is 30.5 Å². The Hall–Kier alpha value is -6.59. The summed E-state index contributed by atoms with van der Waals surface area (Å²) in [6.45, 7) is 0.141. The van der Waals surface area contributed by atoms with Crippen molar-refractivity contribution in [1.82, 2.24) is 0 Å². The molecule has 3 aliphatic heterocycles. The Kier molecular flexibility index (Phi) is 15.9. The third-order valence-corrected chi connectivity index (χ3v) is 11.9. The van der Waals surface area contributed by atoms with E-state index >= 15 is 0 Å². The van der Waals surface area contributed by atoms with E-state index in [1.165, 1.54) is 7.11 Å². The number of esters is 3. The third-order valence-electron chi connectivity index (χ3n) is 11.9. The van der Waals surface area contributed by atoms with Crippen LogP contribution in [0.2, 0.25) is 0 Å². The molecular weight excluding hydrogens is 885 g/mol. The third kappa shape index (κ3) is 11.8. The summed E-state index contributed by atoms with van der Waals surface area (Å²) >= 11 is 0. The number of carbonyl (C=O) groups excluding carboxylic acids is 3. The van der Waals surface area contributed by atoms with Crippen molar-refractivity contribution in [3.63, 3.8) is 0 Å². The first kappa shape index (κ1) is 47.5. The zero-order valence-electron chi connectivity index (χ0n) is 37.7. The Bertz CT molecular complexity index is 2540. The Morgan fingerprint density at radius 1 is 0.464 bits per heavy atom. The minimum Gasteiger partial charge on any atom is -0.452 e. The summed E-state index contributed by atoms with van der Waals surface area (Å²) in [5.41, 5.74) is 3.26. The minimum absolute atomic E-state index is 0.121. The SMILES string of the molecule is CO[C@H]1O[C@H](CO[C@@H]2O[C@@H]3COC(c4ccccc4)O[C@H]3[C@H](OCc3ccccc3)[C@@H]2OCc2ccccc2)[C@@H](OC(=O)c2ccccc2)[C@H](OC(=O)c2ccccc2)[C@@H]1OC(=O)c1ccccc1. The number of ether oxygens (including phenoxy) is 11. The number of fused-ring (bicyclic) bond motifs is 1. The van der Waals surface area contributed by atoms with Gasteiger partial charge in [0.15, 0.2) is 37.2 Å². The summed E-state index contributed by atoms with van der Waals surface area (Å²) in [6, 6.07) is 53.9. The highest BCUT2D eigenvalue weighted by molar-refractivity contribution is 5.91. The Labute approximate surface area is 399 Å².